The van der Waals surface area contributed by atoms with Gasteiger partial charge in [-0.15, -0.1) is 0 Å². The zero-order valence-corrected chi connectivity index (χ0v) is 12.1. The average molecular weight is 328 g/mol. The smallest absolute Gasteiger partial charge is 0.102 e. The zero-order valence-electron chi connectivity index (χ0n) is 9.77. The molecule has 94 valence electrons. The lowest BCUT2D eigenvalue weighted by molar-refractivity contribution is 0.173. The van der Waals surface area contributed by atoms with Crippen LogP contribution in [0.25, 0.3) is 0 Å². The highest BCUT2D eigenvalue weighted by Gasteiger charge is 2.12. The van der Waals surface area contributed by atoms with Crippen molar-refractivity contribution < 1.29 is 5.11 Å². The van der Waals surface area contributed by atoms with Crippen LogP contribution >= 0.6 is 27.5 Å². The molecule has 1 atom stereocenters. The summed E-state index contributed by atoms with van der Waals surface area (Å²) in [6.45, 7) is 1.86. The minimum Gasteiger partial charge on any atom is -0.386 e. The maximum absolute atomic E-state index is 10.1. The van der Waals surface area contributed by atoms with Crippen LogP contribution in [-0.4, -0.2) is 15.1 Å². The molecule has 1 heterocycles. The van der Waals surface area contributed by atoms with E-state index in [1.165, 1.54) is 0 Å². The van der Waals surface area contributed by atoms with E-state index >= 15 is 0 Å². The second-order valence-corrected chi connectivity index (χ2v) is 5.36. The highest BCUT2D eigenvalue weighted by atomic mass is 79.9. The average Bonchev–Trinajstić information content (AvgIpc) is 2.33. The molecule has 0 amide bonds. The maximum atomic E-state index is 10.1. The van der Waals surface area contributed by atoms with Crippen LogP contribution < -0.4 is 0 Å². The minimum absolute atomic E-state index is 0.420. The van der Waals surface area contributed by atoms with Gasteiger partial charge in [-0.1, -0.05) is 33.6 Å². The van der Waals surface area contributed by atoms with Gasteiger partial charge in [0.1, 0.15) is 6.10 Å². The second kappa shape index (κ2) is 5.78. The third-order valence-electron chi connectivity index (χ3n) is 2.57. The molecule has 1 unspecified atom stereocenters. The van der Waals surface area contributed by atoms with E-state index in [0.717, 1.165) is 15.7 Å². The van der Waals surface area contributed by atoms with Gasteiger partial charge in [-0.05, 0) is 24.6 Å². The fraction of sp³-hybridized carbons (Fsp3) is 0.231. The van der Waals surface area contributed by atoms with E-state index in [0.29, 0.717) is 17.1 Å². The first kappa shape index (κ1) is 13.5. The molecule has 3 nitrogen and oxygen atoms in total. The number of hydrogen-bond donors (Lipinski definition) is 1. The Morgan fingerprint density at radius 3 is 2.72 bits per heavy atom. The Morgan fingerprint density at radius 2 is 2.11 bits per heavy atom. The monoisotopic (exact) mass is 326 g/mol. The summed E-state index contributed by atoms with van der Waals surface area (Å²) in [6, 6.07) is 5.59. The Hall–Kier alpha value is -0.970. The molecule has 0 spiro atoms. The maximum Gasteiger partial charge on any atom is 0.102 e. The van der Waals surface area contributed by atoms with Crippen molar-refractivity contribution in [2.45, 2.75) is 19.4 Å². The van der Waals surface area contributed by atoms with Crippen LogP contribution in [0.2, 0.25) is 5.02 Å². The van der Waals surface area contributed by atoms with Crippen molar-refractivity contribution in [1.29, 1.82) is 0 Å². The molecule has 0 radical (unpaired) electrons. The van der Waals surface area contributed by atoms with Crippen molar-refractivity contribution in [2.75, 3.05) is 0 Å². The number of aromatic nitrogens is 2. The predicted molar refractivity (Wildman–Crippen MR) is 74.6 cm³/mol. The van der Waals surface area contributed by atoms with Gasteiger partial charge in [0.2, 0.25) is 0 Å². The molecule has 2 aromatic rings. The van der Waals surface area contributed by atoms with Gasteiger partial charge < -0.3 is 5.11 Å². The van der Waals surface area contributed by atoms with Gasteiger partial charge in [0.15, 0.2) is 0 Å². The Labute approximate surface area is 119 Å². The van der Waals surface area contributed by atoms with Crippen LogP contribution in [0.1, 0.15) is 23.1 Å². The molecule has 5 heteroatoms. The van der Waals surface area contributed by atoms with Crippen molar-refractivity contribution in [2.24, 2.45) is 0 Å². The molecule has 2 rings (SSSR count). The lowest BCUT2D eigenvalue weighted by Gasteiger charge is -2.11. The Balaban J connectivity index is 2.15. The molecular weight excluding hydrogens is 316 g/mol. The van der Waals surface area contributed by atoms with E-state index < -0.39 is 6.10 Å². The van der Waals surface area contributed by atoms with Gasteiger partial charge in [-0.3, -0.25) is 9.97 Å². The van der Waals surface area contributed by atoms with Crippen LogP contribution in [0, 0.1) is 6.92 Å². The molecule has 1 aromatic carbocycles. The summed E-state index contributed by atoms with van der Waals surface area (Å²) < 4.78 is 0.917. The number of hydrogen-bond acceptors (Lipinski definition) is 3. The van der Waals surface area contributed by atoms with Gasteiger partial charge in [-0.2, -0.15) is 0 Å². The van der Waals surface area contributed by atoms with E-state index in [9.17, 15) is 5.11 Å². The quantitative estimate of drug-likeness (QED) is 0.939. The van der Waals surface area contributed by atoms with E-state index in [1.807, 2.05) is 25.1 Å². The standard InChI is InChI=1S/C13H12BrClN2O/c1-8-6-17-12(7-16-8)13(18)4-9-2-3-10(14)5-11(9)15/h2-3,5-7,13,18H,4H2,1H3. The molecule has 0 fully saturated rings. The third kappa shape index (κ3) is 3.28. The van der Waals surface area contributed by atoms with E-state index in [1.54, 1.807) is 12.4 Å². The number of aryl methyl sites for hydroxylation is 1. The van der Waals surface area contributed by atoms with E-state index in [4.69, 9.17) is 11.6 Å². The summed E-state index contributed by atoms with van der Waals surface area (Å²) >= 11 is 9.46. The first-order valence-corrected chi connectivity index (χ1v) is 6.64. The Bertz CT molecular complexity index is 545. The van der Waals surface area contributed by atoms with Crippen LogP contribution in [0.3, 0.4) is 0 Å². The molecule has 0 saturated heterocycles. The molecule has 0 aliphatic carbocycles. The lowest BCUT2D eigenvalue weighted by atomic mass is 10.1. The van der Waals surface area contributed by atoms with Gasteiger partial charge >= 0.3 is 0 Å². The van der Waals surface area contributed by atoms with Crippen LogP contribution in [0.4, 0.5) is 0 Å². The Morgan fingerprint density at radius 1 is 1.33 bits per heavy atom. The largest absolute Gasteiger partial charge is 0.386 e. The molecule has 18 heavy (non-hydrogen) atoms. The van der Waals surface area contributed by atoms with Crippen molar-refractivity contribution in [3.05, 3.63) is 57.0 Å². The van der Waals surface area contributed by atoms with E-state index in [2.05, 4.69) is 25.9 Å². The van der Waals surface area contributed by atoms with Crippen LogP contribution in [0.5, 0.6) is 0 Å². The van der Waals surface area contributed by atoms with Gasteiger partial charge in [-0.25, -0.2) is 0 Å². The first-order chi connectivity index (χ1) is 8.56. The summed E-state index contributed by atoms with van der Waals surface area (Å²) in [5.41, 5.74) is 2.27. The number of benzene rings is 1. The molecule has 0 saturated carbocycles. The van der Waals surface area contributed by atoms with E-state index in [-0.39, 0.29) is 0 Å². The number of aliphatic hydroxyl groups is 1. The topological polar surface area (TPSA) is 46.0 Å². The van der Waals surface area contributed by atoms with Crippen molar-refractivity contribution in [3.8, 4) is 0 Å². The SMILES string of the molecule is Cc1cnc(C(O)Cc2ccc(Br)cc2Cl)cn1. The van der Waals surface area contributed by atoms with Crippen LogP contribution in [-0.2, 0) is 6.42 Å². The highest BCUT2D eigenvalue weighted by molar-refractivity contribution is 9.10. The molecule has 0 bridgehead atoms. The summed E-state index contributed by atoms with van der Waals surface area (Å²) in [6.07, 6.45) is 2.95. The number of nitrogens with zero attached hydrogens (tertiary/aromatic N) is 2. The molecule has 0 aliphatic rings. The highest BCUT2D eigenvalue weighted by Crippen LogP contribution is 2.25. The predicted octanol–water partition coefficient (Wildman–Crippen LogP) is 3.48. The summed E-state index contributed by atoms with van der Waals surface area (Å²) in [4.78, 5) is 8.27. The Kier molecular flexibility index (Phi) is 4.32. The van der Waals surface area contributed by atoms with Gasteiger partial charge in [0.05, 0.1) is 17.6 Å². The molecule has 1 aromatic heterocycles. The summed E-state index contributed by atoms with van der Waals surface area (Å²) in [7, 11) is 0. The first-order valence-electron chi connectivity index (χ1n) is 5.47. The number of aliphatic hydroxyl groups excluding tert-OH is 1. The number of halogens is 2. The van der Waals surface area contributed by atoms with Gasteiger partial charge in [0, 0.05) is 22.1 Å². The fourth-order valence-electron chi connectivity index (χ4n) is 1.57. The normalized spacial score (nSPS) is 12.4. The van der Waals surface area contributed by atoms with Crippen LogP contribution in [0.15, 0.2) is 35.1 Å². The van der Waals surface area contributed by atoms with Crippen molar-refractivity contribution >= 4 is 27.5 Å². The minimum atomic E-state index is -0.697. The summed E-state index contributed by atoms with van der Waals surface area (Å²) in [5.74, 6) is 0. The molecule has 1 N–H and O–H groups in total. The second-order valence-electron chi connectivity index (χ2n) is 4.04. The third-order valence-corrected chi connectivity index (χ3v) is 3.42. The number of rotatable bonds is 3. The zero-order chi connectivity index (χ0) is 13.1. The fourth-order valence-corrected chi connectivity index (χ4v) is 2.33. The van der Waals surface area contributed by atoms with Crippen molar-refractivity contribution in [3.63, 3.8) is 0 Å². The van der Waals surface area contributed by atoms with Crippen molar-refractivity contribution in [1.82, 2.24) is 9.97 Å². The van der Waals surface area contributed by atoms with Gasteiger partial charge in [0.25, 0.3) is 0 Å². The summed E-state index contributed by atoms with van der Waals surface area (Å²) in [5, 5.41) is 10.7. The molecule has 0 aliphatic heterocycles. The molecular formula is C13H12BrClN2O. The lowest BCUT2D eigenvalue weighted by Crippen LogP contribution is -2.05.